The molecule has 2 rings (SSSR count). The molecule has 1 saturated carbocycles. The Hall–Kier alpha value is -1.55. The first-order valence-corrected chi connectivity index (χ1v) is 7.32. The van der Waals surface area contributed by atoms with Gasteiger partial charge in [0.1, 0.15) is 5.75 Å². The molecule has 20 heavy (non-hydrogen) atoms. The van der Waals surface area contributed by atoms with Gasteiger partial charge < -0.3 is 15.2 Å². The number of ether oxygens (including phenoxy) is 1. The van der Waals surface area contributed by atoms with Gasteiger partial charge in [-0.2, -0.15) is 0 Å². The van der Waals surface area contributed by atoms with E-state index in [9.17, 15) is 9.90 Å². The van der Waals surface area contributed by atoms with E-state index in [0.29, 0.717) is 13.0 Å². The fraction of sp³-hybridized carbons (Fsp3) is 0.562. The Kier molecular flexibility index (Phi) is 5.41. The second-order valence-corrected chi connectivity index (χ2v) is 5.39. The number of carbonyl (C=O) groups excluding carboxylic acids is 1. The number of carbonyl (C=O) groups is 1. The predicted molar refractivity (Wildman–Crippen MR) is 77.7 cm³/mol. The van der Waals surface area contributed by atoms with E-state index in [1.165, 1.54) is 0 Å². The van der Waals surface area contributed by atoms with E-state index in [4.69, 9.17) is 4.74 Å². The highest BCUT2D eigenvalue weighted by Crippen LogP contribution is 2.19. The lowest BCUT2D eigenvalue weighted by Gasteiger charge is -2.28. The van der Waals surface area contributed by atoms with E-state index in [0.717, 1.165) is 37.0 Å². The summed E-state index contributed by atoms with van der Waals surface area (Å²) < 4.78 is 5.60. The molecule has 4 heteroatoms. The van der Waals surface area contributed by atoms with Crippen LogP contribution in [-0.4, -0.2) is 29.8 Å². The number of hydrogen-bond acceptors (Lipinski definition) is 3. The van der Waals surface area contributed by atoms with Crippen molar-refractivity contribution < 1.29 is 14.6 Å². The molecule has 0 heterocycles. The fourth-order valence-electron chi connectivity index (χ4n) is 2.53. The van der Waals surface area contributed by atoms with E-state index in [1.807, 2.05) is 31.2 Å². The van der Waals surface area contributed by atoms with Crippen LogP contribution in [-0.2, 0) is 4.79 Å². The third-order valence-corrected chi connectivity index (χ3v) is 3.76. The Bertz CT molecular complexity index is 447. The van der Waals surface area contributed by atoms with Crippen molar-refractivity contribution in [1.29, 1.82) is 0 Å². The zero-order valence-corrected chi connectivity index (χ0v) is 12.0. The van der Waals surface area contributed by atoms with Crippen LogP contribution in [0.25, 0.3) is 0 Å². The molecule has 1 fully saturated rings. The van der Waals surface area contributed by atoms with Crippen LogP contribution in [0.4, 0.5) is 0 Å². The molecule has 0 saturated heterocycles. The molecule has 1 aliphatic carbocycles. The van der Waals surface area contributed by atoms with Crippen LogP contribution >= 0.6 is 0 Å². The van der Waals surface area contributed by atoms with Gasteiger partial charge in [-0.1, -0.05) is 31.0 Å². The Morgan fingerprint density at radius 3 is 2.85 bits per heavy atom. The zero-order valence-electron chi connectivity index (χ0n) is 12.0. The van der Waals surface area contributed by atoms with Crippen molar-refractivity contribution in [3.63, 3.8) is 0 Å². The van der Waals surface area contributed by atoms with E-state index < -0.39 is 6.10 Å². The summed E-state index contributed by atoms with van der Waals surface area (Å²) in [7, 11) is 0. The number of para-hydroxylation sites is 1. The lowest BCUT2D eigenvalue weighted by Crippen LogP contribution is -2.45. The van der Waals surface area contributed by atoms with Crippen LogP contribution in [0.15, 0.2) is 24.3 Å². The Balaban J connectivity index is 1.71. The van der Waals surface area contributed by atoms with Crippen molar-refractivity contribution >= 4 is 5.91 Å². The third-order valence-electron chi connectivity index (χ3n) is 3.76. The summed E-state index contributed by atoms with van der Waals surface area (Å²) in [6, 6.07) is 7.67. The van der Waals surface area contributed by atoms with Crippen molar-refractivity contribution in [3.8, 4) is 5.75 Å². The monoisotopic (exact) mass is 277 g/mol. The summed E-state index contributed by atoms with van der Waals surface area (Å²) >= 11 is 0. The summed E-state index contributed by atoms with van der Waals surface area (Å²) in [5.41, 5.74) is 1.07. The van der Waals surface area contributed by atoms with Crippen molar-refractivity contribution in [2.24, 2.45) is 0 Å². The SMILES string of the molecule is Cc1ccccc1OCCC(=O)N[C@@H]1CCCC[C@H]1O. The summed E-state index contributed by atoms with van der Waals surface area (Å²) in [6.45, 7) is 2.34. The van der Waals surface area contributed by atoms with Gasteiger partial charge in [-0.25, -0.2) is 0 Å². The Morgan fingerprint density at radius 1 is 1.35 bits per heavy atom. The standard InChI is InChI=1S/C16H23NO3/c1-12-6-2-5-9-15(12)20-11-10-16(19)17-13-7-3-4-8-14(13)18/h2,5-6,9,13-14,18H,3-4,7-8,10-11H2,1H3,(H,17,19)/t13-,14-/m1/s1. The van der Waals surface area contributed by atoms with Gasteiger partial charge in [0.15, 0.2) is 0 Å². The van der Waals surface area contributed by atoms with Crippen molar-refractivity contribution in [1.82, 2.24) is 5.32 Å². The van der Waals surface area contributed by atoms with Crippen LogP contribution in [0.2, 0.25) is 0 Å². The molecule has 0 spiro atoms. The second-order valence-electron chi connectivity index (χ2n) is 5.39. The minimum Gasteiger partial charge on any atom is -0.493 e. The number of aliphatic hydroxyl groups excluding tert-OH is 1. The molecule has 0 radical (unpaired) electrons. The van der Waals surface area contributed by atoms with Crippen molar-refractivity contribution in [2.75, 3.05) is 6.61 Å². The van der Waals surface area contributed by atoms with Gasteiger partial charge in [0.05, 0.1) is 25.2 Å². The van der Waals surface area contributed by atoms with Crippen LogP contribution in [0.3, 0.4) is 0 Å². The van der Waals surface area contributed by atoms with Gasteiger partial charge in [-0.3, -0.25) is 4.79 Å². The van der Waals surface area contributed by atoms with Crippen LogP contribution in [0.1, 0.15) is 37.7 Å². The molecule has 4 nitrogen and oxygen atoms in total. The summed E-state index contributed by atoms with van der Waals surface area (Å²) in [6.07, 6.45) is 3.68. The number of amides is 1. The quantitative estimate of drug-likeness (QED) is 0.867. The van der Waals surface area contributed by atoms with E-state index in [1.54, 1.807) is 0 Å². The minimum atomic E-state index is -0.398. The molecule has 0 unspecified atom stereocenters. The van der Waals surface area contributed by atoms with Gasteiger partial charge in [0, 0.05) is 0 Å². The maximum Gasteiger partial charge on any atom is 0.223 e. The summed E-state index contributed by atoms with van der Waals surface area (Å²) in [5, 5.41) is 12.7. The first kappa shape index (κ1) is 14.9. The number of aliphatic hydroxyl groups is 1. The van der Waals surface area contributed by atoms with Crippen LogP contribution in [0, 0.1) is 6.92 Å². The van der Waals surface area contributed by atoms with E-state index in [-0.39, 0.29) is 11.9 Å². The lowest BCUT2D eigenvalue weighted by atomic mass is 9.92. The molecule has 1 aromatic carbocycles. The average Bonchev–Trinajstić information content (AvgIpc) is 2.43. The van der Waals surface area contributed by atoms with Gasteiger partial charge in [-0.05, 0) is 31.4 Å². The average molecular weight is 277 g/mol. The van der Waals surface area contributed by atoms with E-state index >= 15 is 0 Å². The first-order chi connectivity index (χ1) is 9.66. The lowest BCUT2D eigenvalue weighted by molar-refractivity contribution is -0.123. The summed E-state index contributed by atoms with van der Waals surface area (Å²) in [4.78, 5) is 11.8. The highest BCUT2D eigenvalue weighted by Gasteiger charge is 2.24. The zero-order chi connectivity index (χ0) is 14.4. The van der Waals surface area contributed by atoms with Gasteiger partial charge >= 0.3 is 0 Å². The third kappa shape index (κ3) is 4.23. The van der Waals surface area contributed by atoms with Gasteiger partial charge in [-0.15, -0.1) is 0 Å². The largest absolute Gasteiger partial charge is 0.493 e. The number of hydrogen-bond donors (Lipinski definition) is 2. The predicted octanol–water partition coefficient (Wildman–Crippen LogP) is 2.18. The number of benzene rings is 1. The summed E-state index contributed by atoms with van der Waals surface area (Å²) in [5.74, 6) is 0.766. The molecule has 1 amide bonds. The van der Waals surface area contributed by atoms with Crippen molar-refractivity contribution in [2.45, 2.75) is 51.2 Å². The van der Waals surface area contributed by atoms with E-state index in [2.05, 4.69) is 5.32 Å². The fourth-order valence-corrected chi connectivity index (χ4v) is 2.53. The van der Waals surface area contributed by atoms with Gasteiger partial charge in [0.25, 0.3) is 0 Å². The molecule has 110 valence electrons. The molecule has 0 aromatic heterocycles. The van der Waals surface area contributed by atoms with Crippen molar-refractivity contribution in [3.05, 3.63) is 29.8 Å². The Morgan fingerprint density at radius 2 is 2.10 bits per heavy atom. The molecule has 2 N–H and O–H groups in total. The molecular weight excluding hydrogens is 254 g/mol. The molecule has 1 aliphatic rings. The van der Waals surface area contributed by atoms with Crippen LogP contribution < -0.4 is 10.1 Å². The number of nitrogens with one attached hydrogen (secondary N) is 1. The van der Waals surface area contributed by atoms with Crippen LogP contribution in [0.5, 0.6) is 5.75 Å². The molecular formula is C16H23NO3. The topological polar surface area (TPSA) is 58.6 Å². The highest BCUT2D eigenvalue weighted by atomic mass is 16.5. The highest BCUT2D eigenvalue weighted by molar-refractivity contribution is 5.76. The number of rotatable bonds is 5. The maximum absolute atomic E-state index is 11.8. The van der Waals surface area contributed by atoms with Gasteiger partial charge in [0.2, 0.25) is 5.91 Å². The maximum atomic E-state index is 11.8. The molecule has 0 bridgehead atoms. The number of aryl methyl sites for hydroxylation is 1. The molecule has 2 atom stereocenters. The first-order valence-electron chi connectivity index (χ1n) is 7.32. The molecule has 1 aromatic rings. The Labute approximate surface area is 120 Å². The second kappa shape index (κ2) is 7.29. The minimum absolute atomic E-state index is 0.0514. The smallest absolute Gasteiger partial charge is 0.223 e. The normalized spacial score (nSPS) is 22.3. The molecule has 0 aliphatic heterocycles.